The second-order valence-electron chi connectivity index (χ2n) is 7.64. The summed E-state index contributed by atoms with van der Waals surface area (Å²) in [6, 6.07) is 26.3. The maximum Gasteiger partial charge on any atom is 0.282 e. The van der Waals surface area contributed by atoms with E-state index in [1.54, 1.807) is 6.07 Å². The third-order valence-corrected chi connectivity index (χ3v) is 5.63. The van der Waals surface area contributed by atoms with Crippen molar-refractivity contribution in [1.29, 1.82) is 0 Å². The van der Waals surface area contributed by atoms with Crippen molar-refractivity contribution < 1.29 is 14.0 Å². The molecular formula is C27H19FN2O2. The summed E-state index contributed by atoms with van der Waals surface area (Å²) >= 11 is 0. The molecule has 0 aliphatic carbocycles. The van der Waals surface area contributed by atoms with Gasteiger partial charge in [-0.3, -0.25) is 9.59 Å². The number of hydrogen-bond acceptors (Lipinski definition) is 3. The van der Waals surface area contributed by atoms with Crippen LogP contribution in [0.4, 0.5) is 15.8 Å². The maximum atomic E-state index is 13.6. The van der Waals surface area contributed by atoms with Crippen LogP contribution in [0.5, 0.6) is 0 Å². The molecule has 4 aromatic carbocycles. The Kier molecular flexibility index (Phi) is 4.79. The second kappa shape index (κ2) is 7.78. The van der Waals surface area contributed by atoms with Crippen molar-refractivity contribution in [3.05, 3.63) is 114 Å². The Morgan fingerprint density at radius 2 is 1.44 bits per heavy atom. The summed E-state index contributed by atoms with van der Waals surface area (Å²) in [6.07, 6.45) is 0. The Balaban J connectivity index is 1.68. The highest BCUT2D eigenvalue weighted by molar-refractivity contribution is 6.47. The Labute approximate surface area is 184 Å². The van der Waals surface area contributed by atoms with Crippen LogP contribution in [-0.4, -0.2) is 11.8 Å². The first kappa shape index (κ1) is 19.7. The van der Waals surface area contributed by atoms with Gasteiger partial charge in [0.25, 0.3) is 11.8 Å². The molecule has 5 heteroatoms. The number of benzene rings is 4. The van der Waals surface area contributed by atoms with Crippen LogP contribution in [0.2, 0.25) is 0 Å². The van der Waals surface area contributed by atoms with Crippen molar-refractivity contribution in [2.24, 2.45) is 0 Å². The van der Waals surface area contributed by atoms with E-state index in [4.69, 9.17) is 0 Å². The van der Waals surface area contributed by atoms with Crippen LogP contribution in [0, 0.1) is 12.7 Å². The average Bonchev–Trinajstić information content (AvgIpc) is 3.05. The lowest BCUT2D eigenvalue weighted by Crippen LogP contribution is -2.32. The number of hydrogen-bond donors (Lipinski definition) is 1. The summed E-state index contributed by atoms with van der Waals surface area (Å²) in [5.74, 6) is -1.31. The number of imide groups is 1. The first-order valence-electron chi connectivity index (χ1n) is 10.2. The lowest BCUT2D eigenvalue weighted by atomic mass is 10.0. The number of nitrogens with one attached hydrogen (secondary N) is 1. The zero-order chi connectivity index (χ0) is 22.2. The van der Waals surface area contributed by atoms with E-state index in [0.29, 0.717) is 11.3 Å². The van der Waals surface area contributed by atoms with E-state index in [-0.39, 0.29) is 11.3 Å². The normalized spacial score (nSPS) is 13.9. The Morgan fingerprint density at radius 3 is 2.22 bits per heavy atom. The van der Waals surface area contributed by atoms with E-state index in [1.807, 2.05) is 67.6 Å². The minimum atomic E-state index is -0.450. The molecule has 4 aromatic rings. The van der Waals surface area contributed by atoms with Gasteiger partial charge >= 0.3 is 0 Å². The fourth-order valence-electron chi connectivity index (χ4n) is 4.00. The largest absolute Gasteiger partial charge is 0.350 e. The zero-order valence-corrected chi connectivity index (χ0v) is 17.3. The summed E-state index contributed by atoms with van der Waals surface area (Å²) in [6.45, 7) is 1.92. The van der Waals surface area contributed by atoms with Crippen LogP contribution in [-0.2, 0) is 9.59 Å². The Bertz CT molecular complexity index is 1400. The van der Waals surface area contributed by atoms with Crippen LogP contribution in [0.3, 0.4) is 0 Å². The molecule has 32 heavy (non-hydrogen) atoms. The van der Waals surface area contributed by atoms with Gasteiger partial charge in [-0.15, -0.1) is 0 Å². The number of amides is 2. The summed E-state index contributed by atoms with van der Waals surface area (Å²) in [5.41, 5.74) is 3.03. The molecule has 156 valence electrons. The summed E-state index contributed by atoms with van der Waals surface area (Å²) < 4.78 is 13.6. The molecule has 0 saturated carbocycles. The molecule has 5 rings (SSSR count). The number of carbonyl (C=O) groups is 2. The Morgan fingerprint density at radius 1 is 0.750 bits per heavy atom. The van der Waals surface area contributed by atoms with E-state index >= 15 is 0 Å². The molecule has 0 atom stereocenters. The molecule has 2 amide bonds. The van der Waals surface area contributed by atoms with Crippen molar-refractivity contribution in [2.45, 2.75) is 6.92 Å². The van der Waals surface area contributed by atoms with Crippen molar-refractivity contribution in [2.75, 3.05) is 10.2 Å². The molecule has 1 aliphatic rings. The predicted octanol–water partition coefficient (Wildman–Crippen LogP) is 5.68. The Hall–Kier alpha value is -4.25. The first-order valence-corrected chi connectivity index (χ1v) is 10.2. The number of anilines is 2. The number of aryl methyl sites for hydroxylation is 1. The molecular weight excluding hydrogens is 403 g/mol. The van der Waals surface area contributed by atoms with Gasteiger partial charge in [0.15, 0.2) is 0 Å². The lowest BCUT2D eigenvalue weighted by Gasteiger charge is -2.18. The highest BCUT2D eigenvalue weighted by atomic mass is 19.1. The highest BCUT2D eigenvalue weighted by Gasteiger charge is 2.41. The molecule has 1 N–H and O–H groups in total. The molecule has 0 aromatic heterocycles. The van der Waals surface area contributed by atoms with E-state index in [1.165, 1.54) is 29.2 Å². The van der Waals surface area contributed by atoms with Crippen molar-refractivity contribution in [3.63, 3.8) is 0 Å². The van der Waals surface area contributed by atoms with Crippen molar-refractivity contribution >= 4 is 39.5 Å². The minimum Gasteiger partial charge on any atom is -0.350 e. The average molecular weight is 422 g/mol. The van der Waals surface area contributed by atoms with Gasteiger partial charge in [0.1, 0.15) is 11.5 Å². The van der Waals surface area contributed by atoms with Crippen LogP contribution in [0.1, 0.15) is 11.1 Å². The number of fused-ring (bicyclic) bond motifs is 1. The maximum absolute atomic E-state index is 13.6. The quantitative estimate of drug-likeness (QED) is 0.430. The highest BCUT2D eigenvalue weighted by Crippen LogP contribution is 2.37. The van der Waals surface area contributed by atoms with Crippen molar-refractivity contribution in [1.82, 2.24) is 0 Å². The van der Waals surface area contributed by atoms with Gasteiger partial charge < -0.3 is 5.32 Å². The van der Waals surface area contributed by atoms with Gasteiger partial charge in [-0.1, -0.05) is 66.7 Å². The van der Waals surface area contributed by atoms with E-state index < -0.39 is 17.6 Å². The summed E-state index contributed by atoms with van der Waals surface area (Å²) in [7, 11) is 0. The molecule has 0 radical (unpaired) electrons. The van der Waals surface area contributed by atoms with Gasteiger partial charge in [0.05, 0.1) is 11.3 Å². The fraction of sp³-hybridized carbons (Fsp3) is 0.0370. The van der Waals surface area contributed by atoms with Crippen LogP contribution in [0.15, 0.2) is 96.7 Å². The third-order valence-electron chi connectivity index (χ3n) is 5.63. The third kappa shape index (κ3) is 3.24. The lowest BCUT2D eigenvalue weighted by molar-refractivity contribution is -0.120. The van der Waals surface area contributed by atoms with Gasteiger partial charge in [0.2, 0.25) is 0 Å². The van der Waals surface area contributed by atoms with Gasteiger partial charge in [-0.05, 0) is 47.7 Å². The van der Waals surface area contributed by atoms with Crippen LogP contribution in [0.25, 0.3) is 16.3 Å². The molecule has 0 spiro atoms. The van der Waals surface area contributed by atoms with Gasteiger partial charge in [-0.25, -0.2) is 9.29 Å². The number of halogens is 1. The first-order chi connectivity index (χ1) is 15.5. The van der Waals surface area contributed by atoms with Gasteiger partial charge in [0, 0.05) is 11.1 Å². The fourth-order valence-corrected chi connectivity index (χ4v) is 4.00. The molecule has 0 saturated heterocycles. The number of nitrogens with zero attached hydrogens (tertiary/aromatic N) is 1. The molecule has 1 aliphatic heterocycles. The number of para-hydroxylation sites is 1. The predicted molar refractivity (Wildman–Crippen MR) is 125 cm³/mol. The minimum absolute atomic E-state index is 0.170. The van der Waals surface area contributed by atoms with Crippen LogP contribution >= 0.6 is 0 Å². The van der Waals surface area contributed by atoms with E-state index in [0.717, 1.165) is 22.0 Å². The SMILES string of the molecule is Cc1ccccc1NC1=C(c2ccc(F)cc2)C(=O)N(c2cccc3ccccc23)C1=O. The molecule has 0 bridgehead atoms. The van der Waals surface area contributed by atoms with Crippen LogP contribution < -0.4 is 10.2 Å². The summed E-state index contributed by atoms with van der Waals surface area (Å²) in [5, 5.41) is 4.90. The molecule has 1 heterocycles. The second-order valence-corrected chi connectivity index (χ2v) is 7.64. The van der Waals surface area contributed by atoms with Gasteiger partial charge in [-0.2, -0.15) is 0 Å². The number of rotatable bonds is 4. The summed E-state index contributed by atoms with van der Waals surface area (Å²) in [4.78, 5) is 28.5. The van der Waals surface area contributed by atoms with Crippen molar-refractivity contribution in [3.8, 4) is 0 Å². The molecule has 0 unspecified atom stereocenters. The smallest absolute Gasteiger partial charge is 0.282 e. The molecule has 4 nitrogen and oxygen atoms in total. The number of carbonyl (C=O) groups excluding carboxylic acids is 2. The standard InChI is InChI=1S/C27H19FN2O2/c1-17-7-2-5-11-22(17)29-25-24(19-13-15-20(28)16-14-19)26(31)30(27(25)32)23-12-6-9-18-8-3-4-10-21(18)23/h2-16,29H,1H3. The monoisotopic (exact) mass is 422 g/mol. The van der Waals surface area contributed by atoms with E-state index in [9.17, 15) is 14.0 Å². The topological polar surface area (TPSA) is 49.4 Å². The van der Waals surface area contributed by atoms with E-state index in [2.05, 4.69) is 5.32 Å². The molecule has 0 fully saturated rings. The zero-order valence-electron chi connectivity index (χ0n) is 17.3.